The Balaban J connectivity index is 1.34. The van der Waals surface area contributed by atoms with Crippen molar-refractivity contribution in [2.75, 3.05) is 6.54 Å². The molecule has 2 unspecified atom stereocenters. The maximum absolute atomic E-state index is 14.7. The summed E-state index contributed by atoms with van der Waals surface area (Å²) in [5, 5.41) is 11.6. The molecule has 3 fully saturated rings. The first-order chi connectivity index (χ1) is 26.2. The number of Topliss-reactive ketones (excluding diaryl/α,β-unsaturated/α-hetero) is 1. The van der Waals surface area contributed by atoms with Gasteiger partial charge in [-0.3, -0.25) is 33.8 Å². The van der Waals surface area contributed by atoms with Gasteiger partial charge in [0.15, 0.2) is 0 Å². The molecule has 5 amide bonds. The Labute approximate surface area is 325 Å². The monoisotopic (exact) mass is 757 g/mol. The van der Waals surface area contributed by atoms with Crippen LogP contribution in [0.3, 0.4) is 0 Å². The zero-order chi connectivity index (χ0) is 39.9. The fraction of sp³-hybridized carbons (Fsp3) is 0.619. The van der Waals surface area contributed by atoms with Crippen molar-refractivity contribution in [1.29, 1.82) is 0 Å². The molecular weight excluding hydrogens is 699 g/mol. The second-order valence-electron chi connectivity index (χ2n) is 16.9. The van der Waals surface area contributed by atoms with Gasteiger partial charge in [-0.15, -0.1) is 0 Å². The predicted molar refractivity (Wildman–Crippen MR) is 207 cm³/mol. The van der Waals surface area contributed by atoms with E-state index in [0.29, 0.717) is 13.0 Å². The van der Waals surface area contributed by atoms with Gasteiger partial charge >= 0.3 is 0 Å². The summed E-state index contributed by atoms with van der Waals surface area (Å²) in [4.78, 5) is 93.0. The minimum atomic E-state index is -1.06. The van der Waals surface area contributed by atoms with E-state index in [2.05, 4.69) is 31.2 Å². The summed E-state index contributed by atoms with van der Waals surface area (Å²) in [6, 6.07) is 3.42. The summed E-state index contributed by atoms with van der Waals surface area (Å²) in [5.41, 5.74) is 1.27. The fourth-order valence-corrected chi connectivity index (χ4v) is 8.59. The van der Waals surface area contributed by atoms with Crippen LogP contribution in [-0.2, 0) is 24.0 Å². The molecule has 4 N–H and O–H groups in total. The van der Waals surface area contributed by atoms with Crippen molar-refractivity contribution in [3.05, 3.63) is 59.7 Å². The number of nitrogens with zero attached hydrogens (tertiary/aromatic N) is 3. The number of amides is 5. The van der Waals surface area contributed by atoms with E-state index in [1.54, 1.807) is 11.8 Å². The van der Waals surface area contributed by atoms with Gasteiger partial charge in [-0.25, -0.2) is 4.98 Å². The molecule has 0 spiro atoms. The van der Waals surface area contributed by atoms with Crippen molar-refractivity contribution in [3.8, 4) is 0 Å². The third-order valence-electron chi connectivity index (χ3n) is 11.7. The van der Waals surface area contributed by atoms with Crippen molar-refractivity contribution < 1.29 is 28.8 Å². The fourth-order valence-electron chi connectivity index (χ4n) is 8.59. The summed E-state index contributed by atoms with van der Waals surface area (Å²) in [5.74, 6) is -3.49. The number of benzene rings is 1. The second-order valence-corrected chi connectivity index (χ2v) is 16.9. The standard InChI is InChI=1S/C42H59N7O6/c1-7-12-31(35(50)40(54)45-26(3)27-19-17-25(2)18-20-27)46-39(53)34-30-16-11-15-29(30)24-49(34)41(55)36(42(4,5)6)48-38(52)33(28-13-9-8-10-14-28)47-37(51)32-23-43-21-22-44-32/h17-23,26,28-31,33-34,36H,7-16,24H2,1-6H3,(H,45,54)(H,46,53)(H,47,51)(H,48,52)/t26-,29?,30?,31-,33-,34+,36-/m1/s1. The Morgan fingerprint density at radius 1 is 0.873 bits per heavy atom. The van der Waals surface area contributed by atoms with Gasteiger partial charge in [-0.2, -0.15) is 0 Å². The first-order valence-electron chi connectivity index (χ1n) is 20.1. The molecule has 0 bridgehead atoms. The number of ketones is 1. The van der Waals surface area contributed by atoms with Crippen LogP contribution in [0.15, 0.2) is 42.9 Å². The highest BCUT2D eigenvalue weighted by Gasteiger charge is 2.52. The van der Waals surface area contributed by atoms with Gasteiger partial charge in [0.2, 0.25) is 23.5 Å². The number of likely N-dealkylation sites (tertiary alicyclic amines) is 1. The van der Waals surface area contributed by atoms with Crippen LogP contribution < -0.4 is 21.3 Å². The zero-order valence-corrected chi connectivity index (χ0v) is 33.2. The number of aryl methyl sites for hydroxylation is 1. The molecule has 1 aromatic heterocycles. The minimum absolute atomic E-state index is 0.0927. The van der Waals surface area contributed by atoms with E-state index >= 15 is 0 Å². The van der Waals surface area contributed by atoms with E-state index in [1.165, 1.54) is 18.6 Å². The minimum Gasteiger partial charge on any atom is -0.344 e. The average molecular weight is 758 g/mol. The third-order valence-corrected chi connectivity index (χ3v) is 11.7. The summed E-state index contributed by atoms with van der Waals surface area (Å²) < 4.78 is 0. The van der Waals surface area contributed by atoms with E-state index in [4.69, 9.17) is 0 Å². The number of aromatic nitrogens is 2. The van der Waals surface area contributed by atoms with Gasteiger partial charge in [0.05, 0.1) is 18.3 Å². The lowest BCUT2D eigenvalue weighted by molar-refractivity contribution is -0.146. The van der Waals surface area contributed by atoms with E-state index < -0.39 is 65.0 Å². The van der Waals surface area contributed by atoms with Crippen molar-refractivity contribution in [3.63, 3.8) is 0 Å². The second kappa shape index (κ2) is 18.3. The molecule has 5 rings (SSSR count). The first kappa shape index (κ1) is 41.5. The van der Waals surface area contributed by atoms with Crippen LogP contribution in [0.4, 0.5) is 0 Å². The maximum Gasteiger partial charge on any atom is 0.290 e. The Hall–Kier alpha value is -4.68. The summed E-state index contributed by atoms with van der Waals surface area (Å²) in [6.45, 7) is 11.6. The quantitative estimate of drug-likeness (QED) is 0.206. The highest BCUT2D eigenvalue weighted by atomic mass is 16.2. The normalized spacial score (nSPS) is 22.1. The summed E-state index contributed by atoms with van der Waals surface area (Å²) in [7, 11) is 0. The van der Waals surface area contributed by atoms with Gasteiger partial charge in [-0.05, 0) is 74.7 Å². The topological polar surface area (TPSA) is 180 Å². The Morgan fingerprint density at radius 3 is 2.22 bits per heavy atom. The number of hydrogen-bond acceptors (Lipinski definition) is 8. The Morgan fingerprint density at radius 2 is 1.58 bits per heavy atom. The van der Waals surface area contributed by atoms with Crippen molar-refractivity contribution in [2.24, 2.45) is 23.2 Å². The number of fused-ring (bicyclic) bond motifs is 1. The van der Waals surface area contributed by atoms with Gasteiger partial charge in [0, 0.05) is 18.9 Å². The van der Waals surface area contributed by atoms with E-state index in [0.717, 1.165) is 62.5 Å². The molecule has 2 heterocycles. The molecule has 2 saturated carbocycles. The van der Waals surface area contributed by atoms with Crippen LogP contribution in [0.5, 0.6) is 0 Å². The summed E-state index contributed by atoms with van der Waals surface area (Å²) >= 11 is 0. The number of hydrogen-bond donors (Lipinski definition) is 4. The smallest absolute Gasteiger partial charge is 0.290 e. The van der Waals surface area contributed by atoms with Gasteiger partial charge in [0.25, 0.3) is 11.8 Å². The number of nitrogens with one attached hydrogen (secondary N) is 4. The lowest BCUT2D eigenvalue weighted by Gasteiger charge is -2.38. The van der Waals surface area contributed by atoms with Crippen LogP contribution in [-0.4, -0.2) is 80.9 Å². The molecule has 3 aliphatic rings. The van der Waals surface area contributed by atoms with Crippen molar-refractivity contribution >= 4 is 35.3 Å². The molecule has 7 atom stereocenters. The van der Waals surface area contributed by atoms with Gasteiger partial charge in [0.1, 0.15) is 23.8 Å². The molecule has 2 aromatic rings. The van der Waals surface area contributed by atoms with Crippen LogP contribution in [0.2, 0.25) is 0 Å². The highest BCUT2D eigenvalue weighted by molar-refractivity contribution is 6.38. The molecule has 0 radical (unpaired) electrons. The van der Waals surface area contributed by atoms with Gasteiger partial charge in [-0.1, -0.05) is 89.6 Å². The SMILES string of the molecule is CCC[C@@H](NC(=O)[C@@H]1C2CCCC2CN1C(=O)[C@@H](NC(=O)[C@H](NC(=O)c1cnccn1)C1CCCCC1)C(C)(C)C)C(=O)C(=O)N[C@H](C)c1ccc(C)cc1. The molecule has 13 nitrogen and oxygen atoms in total. The first-order valence-corrected chi connectivity index (χ1v) is 20.1. The molecule has 298 valence electrons. The van der Waals surface area contributed by atoms with Crippen LogP contribution in [0, 0.1) is 30.1 Å². The summed E-state index contributed by atoms with van der Waals surface area (Å²) in [6.07, 6.45) is 12.0. The molecule has 55 heavy (non-hydrogen) atoms. The molecule has 2 aliphatic carbocycles. The maximum atomic E-state index is 14.7. The van der Waals surface area contributed by atoms with E-state index in [-0.39, 0.29) is 35.8 Å². The molecular formula is C42H59N7O6. The molecule has 1 saturated heterocycles. The van der Waals surface area contributed by atoms with E-state index in [1.807, 2.05) is 58.9 Å². The number of carbonyl (C=O) groups is 6. The van der Waals surface area contributed by atoms with Crippen molar-refractivity contribution in [2.45, 2.75) is 136 Å². The largest absolute Gasteiger partial charge is 0.344 e. The number of carbonyl (C=O) groups excluding carboxylic acids is 6. The Bertz CT molecular complexity index is 1690. The highest BCUT2D eigenvalue weighted by Crippen LogP contribution is 2.43. The molecule has 1 aliphatic heterocycles. The number of rotatable bonds is 14. The van der Waals surface area contributed by atoms with Gasteiger partial charge < -0.3 is 26.2 Å². The van der Waals surface area contributed by atoms with Crippen LogP contribution >= 0.6 is 0 Å². The average Bonchev–Trinajstić information content (AvgIpc) is 3.77. The molecule has 13 heteroatoms. The van der Waals surface area contributed by atoms with Crippen LogP contribution in [0.25, 0.3) is 0 Å². The van der Waals surface area contributed by atoms with Crippen molar-refractivity contribution in [1.82, 2.24) is 36.1 Å². The lowest BCUT2D eigenvalue weighted by atomic mass is 9.82. The Kier molecular flexibility index (Phi) is 13.8. The van der Waals surface area contributed by atoms with E-state index in [9.17, 15) is 28.8 Å². The lowest BCUT2D eigenvalue weighted by Crippen LogP contribution is -2.62. The van der Waals surface area contributed by atoms with Crippen LogP contribution in [0.1, 0.15) is 126 Å². The molecule has 1 aromatic carbocycles. The predicted octanol–water partition coefficient (Wildman–Crippen LogP) is 4.35. The third kappa shape index (κ3) is 10.1. The zero-order valence-electron chi connectivity index (χ0n) is 33.2.